The molecule has 3 rings (SSSR count). The highest BCUT2D eigenvalue weighted by molar-refractivity contribution is 5.32. The van der Waals surface area contributed by atoms with Gasteiger partial charge in [0.05, 0.1) is 0 Å². The number of aromatic amines is 2. The second kappa shape index (κ2) is 7.17. The Morgan fingerprint density at radius 2 is 1.56 bits per heavy atom. The highest BCUT2D eigenvalue weighted by Crippen LogP contribution is 2.16. The van der Waals surface area contributed by atoms with Crippen LogP contribution in [0.5, 0.6) is 5.75 Å². The molecule has 0 amide bonds. The minimum atomic E-state index is -0.504. The number of rotatable bonds is 5. The van der Waals surface area contributed by atoms with Crippen LogP contribution in [0.15, 0.2) is 58.1 Å². The number of ether oxygens (including phenoxy) is 1. The smallest absolute Gasteiger partial charge is 0.325 e. The number of H-pyrrole nitrogens is 2. The molecule has 6 heteroatoms. The minimum absolute atomic E-state index is 0.277. The van der Waals surface area contributed by atoms with Crippen molar-refractivity contribution in [2.75, 3.05) is 0 Å². The van der Waals surface area contributed by atoms with E-state index in [2.05, 4.69) is 9.97 Å². The number of benzene rings is 2. The van der Waals surface area contributed by atoms with Crippen molar-refractivity contribution < 1.29 is 9.13 Å². The van der Waals surface area contributed by atoms with E-state index >= 15 is 0 Å². The van der Waals surface area contributed by atoms with Crippen LogP contribution < -0.4 is 16.0 Å². The van der Waals surface area contributed by atoms with E-state index in [1.54, 1.807) is 19.1 Å². The van der Waals surface area contributed by atoms with Crippen molar-refractivity contribution in [2.24, 2.45) is 0 Å². The SMILES string of the molecule is Cc1[nH]c(=O)[nH]c(=O)c1Cc1ccc(OCc2ccc(F)cc2)cc1. The molecule has 0 aliphatic heterocycles. The van der Waals surface area contributed by atoms with Crippen molar-refractivity contribution in [2.45, 2.75) is 20.0 Å². The van der Waals surface area contributed by atoms with Crippen LogP contribution in [0.2, 0.25) is 0 Å². The molecule has 0 bridgehead atoms. The molecule has 2 N–H and O–H groups in total. The molecule has 25 heavy (non-hydrogen) atoms. The van der Waals surface area contributed by atoms with E-state index in [1.165, 1.54) is 12.1 Å². The zero-order valence-corrected chi connectivity index (χ0v) is 13.6. The van der Waals surface area contributed by atoms with Crippen molar-refractivity contribution in [1.82, 2.24) is 9.97 Å². The maximum Gasteiger partial charge on any atom is 0.325 e. The molecule has 1 aromatic heterocycles. The Labute approximate surface area is 143 Å². The Kier molecular flexibility index (Phi) is 4.79. The lowest BCUT2D eigenvalue weighted by Crippen LogP contribution is -2.27. The van der Waals surface area contributed by atoms with E-state index in [1.807, 2.05) is 24.3 Å². The molecule has 0 aliphatic carbocycles. The van der Waals surface area contributed by atoms with Gasteiger partial charge in [-0.3, -0.25) is 9.78 Å². The van der Waals surface area contributed by atoms with E-state index in [4.69, 9.17) is 4.74 Å². The number of aryl methyl sites for hydroxylation is 1. The lowest BCUT2D eigenvalue weighted by Gasteiger charge is -2.08. The van der Waals surface area contributed by atoms with Crippen LogP contribution in [-0.4, -0.2) is 9.97 Å². The molecule has 0 saturated carbocycles. The third-order valence-corrected chi connectivity index (χ3v) is 3.88. The molecule has 1 heterocycles. The van der Waals surface area contributed by atoms with E-state index in [0.717, 1.165) is 11.1 Å². The van der Waals surface area contributed by atoms with Crippen LogP contribution in [0.4, 0.5) is 4.39 Å². The van der Waals surface area contributed by atoms with Crippen LogP contribution in [-0.2, 0) is 13.0 Å². The van der Waals surface area contributed by atoms with Crippen molar-refractivity contribution in [3.63, 3.8) is 0 Å². The summed E-state index contributed by atoms with van der Waals surface area (Å²) in [6, 6.07) is 13.5. The summed E-state index contributed by atoms with van der Waals surface area (Å²) in [6.45, 7) is 2.05. The van der Waals surface area contributed by atoms with Gasteiger partial charge in [0.25, 0.3) is 5.56 Å². The quantitative estimate of drug-likeness (QED) is 0.750. The summed E-state index contributed by atoms with van der Waals surface area (Å²) < 4.78 is 18.5. The van der Waals surface area contributed by atoms with Crippen LogP contribution in [0, 0.1) is 12.7 Å². The molecule has 0 unspecified atom stereocenters. The van der Waals surface area contributed by atoms with Crippen LogP contribution in [0.3, 0.4) is 0 Å². The van der Waals surface area contributed by atoms with Gasteiger partial charge in [-0.25, -0.2) is 9.18 Å². The molecular formula is C19H17FN2O3. The molecular weight excluding hydrogens is 323 g/mol. The third-order valence-electron chi connectivity index (χ3n) is 3.88. The van der Waals surface area contributed by atoms with Crippen molar-refractivity contribution in [1.29, 1.82) is 0 Å². The largest absolute Gasteiger partial charge is 0.489 e. The maximum absolute atomic E-state index is 12.9. The van der Waals surface area contributed by atoms with Gasteiger partial charge >= 0.3 is 5.69 Å². The highest BCUT2D eigenvalue weighted by atomic mass is 19.1. The van der Waals surface area contributed by atoms with Crippen molar-refractivity contribution in [3.8, 4) is 5.75 Å². The fraction of sp³-hybridized carbons (Fsp3) is 0.158. The predicted octanol–water partition coefficient (Wildman–Crippen LogP) is 2.68. The summed E-state index contributed by atoms with van der Waals surface area (Å²) in [4.78, 5) is 27.9. The molecule has 0 saturated heterocycles. The molecule has 0 fully saturated rings. The third kappa shape index (κ3) is 4.23. The summed E-state index contributed by atoms with van der Waals surface area (Å²) in [7, 11) is 0. The Bertz CT molecular complexity index is 973. The van der Waals surface area contributed by atoms with Crippen LogP contribution >= 0.6 is 0 Å². The highest BCUT2D eigenvalue weighted by Gasteiger charge is 2.07. The molecule has 2 aromatic carbocycles. The summed E-state index contributed by atoms with van der Waals surface area (Å²) in [5, 5.41) is 0. The number of hydrogen-bond acceptors (Lipinski definition) is 3. The van der Waals surface area contributed by atoms with Gasteiger partial charge < -0.3 is 9.72 Å². The topological polar surface area (TPSA) is 75.0 Å². The fourth-order valence-corrected chi connectivity index (χ4v) is 2.49. The molecule has 0 aliphatic rings. The number of nitrogens with one attached hydrogen (secondary N) is 2. The van der Waals surface area contributed by atoms with E-state index in [0.29, 0.717) is 30.0 Å². The lowest BCUT2D eigenvalue weighted by atomic mass is 10.1. The first-order valence-electron chi connectivity index (χ1n) is 7.79. The Hall–Kier alpha value is -3.15. The molecule has 0 atom stereocenters. The van der Waals surface area contributed by atoms with Gasteiger partial charge in [0.1, 0.15) is 18.2 Å². The minimum Gasteiger partial charge on any atom is -0.489 e. The zero-order valence-electron chi connectivity index (χ0n) is 13.6. The Morgan fingerprint density at radius 1 is 0.920 bits per heavy atom. The van der Waals surface area contributed by atoms with E-state index < -0.39 is 5.69 Å². The Morgan fingerprint density at radius 3 is 2.20 bits per heavy atom. The number of hydrogen-bond donors (Lipinski definition) is 2. The standard InChI is InChI=1S/C19H17FN2O3/c1-12-17(18(23)22-19(24)21-12)10-13-4-8-16(9-5-13)25-11-14-2-6-15(20)7-3-14/h2-9H,10-11H2,1H3,(H2,21,22,23,24). The van der Waals surface area contributed by atoms with Crippen molar-refractivity contribution in [3.05, 3.63) is 97.6 Å². The average molecular weight is 340 g/mol. The Balaban J connectivity index is 1.67. The van der Waals surface area contributed by atoms with Crippen LogP contribution in [0.1, 0.15) is 22.4 Å². The monoisotopic (exact) mass is 340 g/mol. The summed E-state index contributed by atoms with van der Waals surface area (Å²) in [5.74, 6) is 0.404. The predicted molar refractivity (Wildman–Crippen MR) is 92.4 cm³/mol. The first kappa shape index (κ1) is 16.7. The first-order valence-corrected chi connectivity index (χ1v) is 7.79. The lowest BCUT2D eigenvalue weighted by molar-refractivity contribution is 0.306. The van der Waals surface area contributed by atoms with Gasteiger partial charge in [0.15, 0.2) is 0 Å². The molecule has 5 nitrogen and oxygen atoms in total. The van der Waals surface area contributed by atoms with Gasteiger partial charge in [0, 0.05) is 17.7 Å². The zero-order chi connectivity index (χ0) is 17.8. The fourth-order valence-electron chi connectivity index (χ4n) is 2.49. The summed E-state index contributed by atoms with van der Waals surface area (Å²) >= 11 is 0. The average Bonchev–Trinajstić information content (AvgIpc) is 2.59. The van der Waals surface area contributed by atoms with Gasteiger partial charge in [0.2, 0.25) is 0 Å². The molecule has 0 radical (unpaired) electrons. The molecule has 0 spiro atoms. The second-order valence-electron chi connectivity index (χ2n) is 5.75. The van der Waals surface area contributed by atoms with Gasteiger partial charge in [-0.2, -0.15) is 0 Å². The first-order chi connectivity index (χ1) is 12.0. The number of aromatic nitrogens is 2. The van der Waals surface area contributed by atoms with E-state index in [9.17, 15) is 14.0 Å². The molecule has 3 aromatic rings. The van der Waals surface area contributed by atoms with Gasteiger partial charge in [-0.15, -0.1) is 0 Å². The van der Waals surface area contributed by atoms with Crippen molar-refractivity contribution >= 4 is 0 Å². The second-order valence-corrected chi connectivity index (χ2v) is 5.75. The normalized spacial score (nSPS) is 10.6. The maximum atomic E-state index is 12.9. The van der Waals surface area contributed by atoms with Gasteiger partial charge in [-0.05, 0) is 42.3 Å². The summed E-state index contributed by atoms with van der Waals surface area (Å²) in [6.07, 6.45) is 0.413. The van der Waals surface area contributed by atoms with E-state index in [-0.39, 0.29) is 11.4 Å². The number of halogens is 1. The summed E-state index contributed by atoms with van der Waals surface area (Å²) in [5.41, 5.74) is 2.01. The van der Waals surface area contributed by atoms with Gasteiger partial charge in [-0.1, -0.05) is 24.3 Å². The molecule has 128 valence electrons. The van der Waals surface area contributed by atoms with Crippen LogP contribution in [0.25, 0.3) is 0 Å².